The van der Waals surface area contributed by atoms with E-state index in [-0.39, 0.29) is 17.6 Å². The van der Waals surface area contributed by atoms with Crippen molar-refractivity contribution in [3.8, 4) is 23.3 Å². The van der Waals surface area contributed by atoms with Gasteiger partial charge in [0, 0.05) is 43.1 Å². The van der Waals surface area contributed by atoms with Crippen LogP contribution in [0.4, 0.5) is 15.9 Å². The number of nitrogens with zero attached hydrogens (tertiary/aromatic N) is 3. The Morgan fingerprint density at radius 1 is 1.16 bits per heavy atom. The van der Waals surface area contributed by atoms with E-state index in [1.54, 1.807) is 12.1 Å². The number of hydrogen-bond donors (Lipinski definition) is 3. The molecule has 2 atom stereocenters. The van der Waals surface area contributed by atoms with Gasteiger partial charge in [-0.25, -0.2) is 9.37 Å². The first kappa shape index (κ1) is 22.3. The Hall–Kier alpha value is -2.86. The van der Waals surface area contributed by atoms with Crippen LogP contribution in [0.25, 0.3) is 0 Å². The number of rotatable bonds is 4. The molecule has 2 unspecified atom stereocenters. The molecule has 0 aliphatic carbocycles. The Morgan fingerprint density at radius 3 is 2.62 bits per heavy atom. The van der Waals surface area contributed by atoms with Crippen molar-refractivity contribution in [2.24, 2.45) is 0 Å². The van der Waals surface area contributed by atoms with E-state index in [4.69, 9.17) is 16.2 Å². The van der Waals surface area contributed by atoms with Crippen LogP contribution in [0.3, 0.4) is 0 Å². The first-order chi connectivity index (χ1) is 15.2. The lowest BCUT2D eigenvalue weighted by atomic mass is 10.0. The number of halogens is 1. The van der Waals surface area contributed by atoms with Gasteiger partial charge in [-0.15, -0.1) is 0 Å². The normalized spacial score (nSPS) is 22.0. The van der Waals surface area contributed by atoms with Crippen LogP contribution in [-0.2, 0) is 0 Å². The SMILES string of the molecule is CC(C)(C#Cc1c(Oc2ccc(N)cc2F)ccnc1N)N1CC(O)C(N2CCCC2)C1. The van der Waals surface area contributed by atoms with Crippen molar-refractivity contribution in [3.63, 3.8) is 0 Å². The molecular weight excluding hydrogens is 409 g/mol. The number of hydrogen-bond acceptors (Lipinski definition) is 7. The van der Waals surface area contributed by atoms with E-state index in [0.29, 0.717) is 23.5 Å². The van der Waals surface area contributed by atoms with Crippen molar-refractivity contribution < 1.29 is 14.2 Å². The van der Waals surface area contributed by atoms with Crippen LogP contribution in [0, 0.1) is 17.7 Å². The molecule has 8 heteroatoms. The number of pyridine rings is 1. The first-order valence-electron chi connectivity index (χ1n) is 10.9. The van der Waals surface area contributed by atoms with Crippen molar-refractivity contribution in [2.75, 3.05) is 37.6 Å². The average Bonchev–Trinajstić information content (AvgIpc) is 3.39. The highest BCUT2D eigenvalue weighted by Crippen LogP contribution is 2.31. The number of ether oxygens (including phenoxy) is 1. The van der Waals surface area contributed by atoms with Gasteiger partial charge in [0.15, 0.2) is 11.6 Å². The highest BCUT2D eigenvalue weighted by Gasteiger charge is 2.41. The summed E-state index contributed by atoms with van der Waals surface area (Å²) in [6.45, 7) is 7.43. The monoisotopic (exact) mass is 439 g/mol. The Bertz CT molecular complexity index is 1040. The highest BCUT2D eigenvalue weighted by molar-refractivity contribution is 5.60. The molecule has 2 saturated heterocycles. The van der Waals surface area contributed by atoms with Gasteiger partial charge in [0.2, 0.25) is 0 Å². The van der Waals surface area contributed by atoms with Gasteiger partial charge in [-0.05, 0) is 51.9 Å². The van der Waals surface area contributed by atoms with Gasteiger partial charge in [0.25, 0.3) is 0 Å². The Labute approximate surface area is 188 Å². The molecule has 0 amide bonds. The van der Waals surface area contributed by atoms with Crippen LogP contribution in [0.2, 0.25) is 0 Å². The molecule has 2 aliphatic rings. The number of likely N-dealkylation sites (tertiary alicyclic amines) is 2. The smallest absolute Gasteiger partial charge is 0.167 e. The van der Waals surface area contributed by atoms with E-state index in [9.17, 15) is 9.50 Å². The Morgan fingerprint density at radius 2 is 1.91 bits per heavy atom. The maximum atomic E-state index is 14.2. The third-order valence-electron chi connectivity index (χ3n) is 6.27. The molecule has 1 aromatic heterocycles. The summed E-state index contributed by atoms with van der Waals surface area (Å²) < 4.78 is 20.0. The Kier molecular flexibility index (Phi) is 6.24. The predicted octanol–water partition coefficient (Wildman–Crippen LogP) is 2.45. The molecule has 2 aliphatic heterocycles. The zero-order valence-electron chi connectivity index (χ0n) is 18.5. The van der Waals surface area contributed by atoms with Crippen LogP contribution in [0.5, 0.6) is 11.5 Å². The molecular formula is C24H30FN5O2. The third-order valence-corrected chi connectivity index (χ3v) is 6.27. The molecule has 2 fully saturated rings. The fourth-order valence-electron chi connectivity index (χ4n) is 4.34. The van der Waals surface area contributed by atoms with Gasteiger partial charge in [0.05, 0.1) is 11.6 Å². The zero-order chi connectivity index (χ0) is 22.9. The van der Waals surface area contributed by atoms with Crippen LogP contribution in [0.1, 0.15) is 32.3 Å². The van der Waals surface area contributed by atoms with Crippen molar-refractivity contribution in [1.82, 2.24) is 14.8 Å². The molecule has 0 spiro atoms. The molecule has 2 aromatic rings. The second-order valence-corrected chi connectivity index (χ2v) is 8.95. The molecule has 3 heterocycles. The number of aromatic nitrogens is 1. The molecule has 7 nitrogen and oxygen atoms in total. The molecule has 1 aromatic carbocycles. The maximum absolute atomic E-state index is 14.2. The molecule has 0 bridgehead atoms. The summed E-state index contributed by atoms with van der Waals surface area (Å²) in [7, 11) is 0. The van der Waals surface area contributed by atoms with Gasteiger partial charge < -0.3 is 21.3 Å². The number of nitrogens with two attached hydrogens (primary N) is 2. The molecule has 32 heavy (non-hydrogen) atoms. The van der Waals surface area contributed by atoms with E-state index in [1.165, 1.54) is 31.2 Å². The molecule has 170 valence electrons. The van der Waals surface area contributed by atoms with E-state index in [1.807, 2.05) is 13.8 Å². The van der Waals surface area contributed by atoms with E-state index >= 15 is 0 Å². The summed E-state index contributed by atoms with van der Waals surface area (Å²) >= 11 is 0. The molecule has 4 rings (SSSR count). The standard InChI is InChI=1S/C24H30FN5O2/c1-24(2,30-14-19(20(31)15-30)29-11-3-4-12-29)9-7-17-21(8-10-28-23(17)27)32-22-6-5-16(26)13-18(22)25/h5-6,8,10,13,19-20,31H,3-4,11-12,14-15,26H2,1-2H3,(H2,27,28). The van der Waals surface area contributed by atoms with E-state index in [2.05, 4.69) is 26.6 Å². The van der Waals surface area contributed by atoms with Crippen molar-refractivity contribution in [2.45, 2.75) is 44.4 Å². The summed E-state index contributed by atoms with van der Waals surface area (Å²) in [5.74, 6) is 6.36. The minimum atomic E-state index is -0.571. The largest absolute Gasteiger partial charge is 0.453 e. The second-order valence-electron chi connectivity index (χ2n) is 8.95. The predicted molar refractivity (Wildman–Crippen MR) is 123 cm³/mol. The van der Waals surface area contributed by atoms with Crippen LogP contribution in [-0.4, -0.2) is 63.8 Å². The van der Waals surface area contributed by atoms with Gasteiger partial charge in [-0.1, -0.05) is 11.8 Å². The Balaban J connectivity index is 1.56. The lowest BCUT2D eigenvalue weighted by Gasteiger charge is -2.31. The van der Waals surface area contributed by atoms with Gasteiger partial charge in [-0.2, -0.15) is 0 Å². The number of nitrogen functional groups attached to an aromatic ring is 2. The fraction of sp³-hybridized carbons (Fsp3) is 0.458. The summed E-state index contributed by atoms with van der Waals surface area (Å²) in [6.07, 6.45) is 3.46. The summed E-state index contributed by atoms with van der Waals surface area (Å²) in [6, 6.07) is 5.96. The van der Waals surface area contributed by atoms with Crippen molar-refractivity contribution in [3.05, 3.63) is 41.8 Å². The number of anilines is 2. The number of aliphatic hydroxyl groups is 1. The molecule has 0 radical (unpaired) electrons. The minimum absolute atomic E-state index is 0.0308. The minimum Gasteiger partial charge on any atom is -0.453 e. The third kappa shape index (κ3) is 4.65. The van der Waals surface area contributed by atoms with Crippen LogP contribution in [0.15, 0.2) is 30.5 Å². The van der Waals surface area contributed by atoms with E-state index < -0.39 is 17.5 Å². The zero-order valence-corrected chi connectivity index (χ0v) is 18.5. The average molecular weight is 440 g/mol. The quantitative estimate of drug-likeness (QED) is 0.497. The highest BCUT2D eigenvalue weighted by atomic mass is 19.1. The van der Waals surface area contributed by atoms with Gasteiger partial charge in [0.1, 0.15) is 17.1 Å². The number of aliphatic hydroxyl groups excluding tert-OH is 1. The number of benzene rings is 1. The van der Waals surface area contributed by atoms with Crippen LogP contribution >= 0.6 is 0 Å². The van der Waals surface area contributed by atoms with Crippen molar-refractivity contribution >= 4 is 11.5 Å². The van der Waals surface area contributed by atoms with Crippen molar-refractivity contribution in [1.29, 1.82) is 0 Å². The van der Waals surface area contributed by atoms with E-state index in [0.717, 1.165) is 19.6 Å². The number of β-amino-alcohol motifs (C(OH)–C–C–N with tert-alkyl or cyclic N) is 1. The summed E-state index contributed by atoms with van der Waals surface area (Å²) in [5, 5.41) is 10.6. The molecule has 0 saturated carbocycles. The maximum Gasteiger partial charge on any atom is 0.167 e. The van der Waals surface area contributed by atoms with Gasteiger partial charge in [-0.3, -0.25) is 9.80 Å². The molecule has 5 N–H and O–H groups in total. The lowest BCUT2D eigenvalue weighted by Crippen LogP contribution is -2.44. The fourth-order valence-corrected chi connectivity index (χ4v) is 4.34. The summed E-state index contributed by atoms with van der Waals surface area (Å²) in [4.78, 5) is 8.68. The topological polar surface area (TPSA) is 101 Å². The lowest BCUT2D eigenvalue weighted by molar-refractivity contribution is 0.0968. The summed E-state index contributed by atoms with van der Waals surface area (Å²) in [5.41, 5.74) is 11.9. The first-order valence-corrected chi connectivity index (χ1v) is 10.9. The van der Waals surface area contributed by atoms with Crippen LogP contribution < -0.4 is 16.2 Å². The second kappa shape index (κ2) is 8.94. The van der Waals surface area contributed by atoms with Gasteiger partial charge >= 0.3 is 0 Å².